The molecule has 1 fully saturated rings. The zero-order valence-corrected chi connectivity index (χ0v) is 10.7. The Morgan fingerprint density at radius 2 is 2.40 bits per heavy atom. The molecule has 0 radical (unpaired) electrons. The quantitative estimate of drug-likeness (QED) is 0.674. The maximum atomic E-state index is 11.0. The summed E-state index contributed by atoms with van der Waals surface area (Å²) in [5.41, 5.74) is 1.53. The fourth-order valence-electron chi connectivity index (χ4n) is 2.31. The topological polar surface area (TPSA) is 99.3 Å². The van der Waals surface area contributed by atoms with Crippen molar-refractivity contribution in [1.29, 1.82) is 0 Å². The number of nitrogens with one attached hydrogen (secondary N) is 1. The van der Waals surface area contributed by atoms with E-state index in [2.05, 4.69) is 10.4 Å². The van der Waals surface area contributed by atoms with Gasteiger partial charge in [0.05, 0.1) is 29.2 Å². The number of nitro benzene ring substituents is 1. The van der Waals surface area contributed by atoms with Crippen molar-refractivity contribution in [2.75, 3.05) is 6.54 Å². The first-order valence-corrected chi connectivity index (χ1v) is 6.10. The predicted octanol–water partition coefficient (Wildman–Crippen LogP) is 1.36. The molecule has 1 saturated heterocycles. The van der Waals surface area contributed by atoms with Crippen LogP contribution in [0.2, 0.25) is 0 Å². The molecule has 0 spiro atoms. The number of carbonyl (C=O) groups is 1. The van der Waals surface area contributed by atoms with Crippen LogP contribution in [0.25, 0.3) is 10.9 Å². The van der Waals surface area contributed by atoms with E-state index in [1.54, 1.807) is 17.7 Å². The molecule has 1 atom stereocenters. The van der Waals surface area contributed by atoms with E-state index >= 15 is 0 Å². The van der Waals surface area contributed by atoms with Gasteiger partial charge in [-0.2, -0.15) is 5.10 Å². The van der Waals surface area contributed by atoms with Crippen LogP contribution < -0.4 is 5.32 Å². The van der Waals surface area contributed by atoms with Crippen LogP contribution in [0.5, 0.6) is 0 Å². The Morgan fingerprint density at radius 3 is 3.05 bits per heavy atom. The molecule has 2 aromatic rings. The highest BCUT2D eigenvalue weighted by atomic mass is 16.6. The summed E-state index contributed by atoms with van der Waals surface area (Å²) in [6.45, 7) is 2.65. The zero-order valence-electron chi connectivity index (χ0n) is 10.7. The first kappa shape index (κ1) is 12.4. The second kappa shape index (κ2) is 4.48. The van der Waals surface area contributed by atoms with E-state index in [0.29, 0.717) is 18.8 Å². The summed E-state index contributed by atoms with van der Waals surface area (Å²) in [6.07, 6.45) is -0.709. The summed E-state index contributed by atoms with van der Waals surface area (Å²) in [7, 11) is 0. The Hall–Kier alpha value is -2.64. The van der Waals surface area contributed by atoms with Crippen molar-refractivity contribution in [2.45, 2.75) is 19.6 Å². The van der Waals surface area contributed by atoms with Gasteiger partial charge in [0, 0.05) is 17.5 Å². The van der Waals surface area contributed by atoms with Gasteiger partial charge in [0.1, 0.15) is 6.10 Å². The molecule has 1 aromatic carbocycles. The number of aryl methyl sites for hydroxylation is 1. The largest absolute Gasteiger partial charge is 0.442 e. The van der Waals surface area contributed by atoms with Gasteiger partial charge in [-0.25, -0.2) is 4.79 Å². The number of aromatic nitrogens is 2. The molecule has 1 aliphatic heterocycles. The Bertz CT molecular complexity index is 709. The van der Waals surface area contributed by atoms with Crippen molar-refractivity contribution in [3.8, 4) is 0 Å². The number of cyclic esters (lactones) is 1. The summed E-state index contributed by atoms with van der Waals surface area (Å²) >= 11 is 0. The lowest BCUT2D eigenvalue weighted by atomic mass is 10.2. The van der Waals surface area contributed by atoms with E-state index in [1.807, 2.05) is 0 Å². The van der Waals surface area contributed by atoms with Gasteiger partial charge in [-0.15, -0.1) is 0 Å². The van der Waals surface area contributed by atoms with Crippen LogP contribution in [0, 0.1) is 17.0 Å². The molecule has 0 saturated carbocycles. The first-order chi connectivity index (χ1) is 9.54. The highest BCUT2D eigenvalue weighted by Crippen LogP contribution is 2.24. The van der Waals surface area contributed by atoms with Gasteiger partial charge >= 0.3 is 6.09 Å². The third-order valence-corrected chi connectivity index (χ3v) is 3.25. The number of hydrogen-bond donors (Lipinski definition) is 1. The van der Waals surface area contributed by atoms with Crippen molar-refractivity contribution in [2.24, 2.45) is 0 Å². The van der Waals surface area contributed by atoms with E-state index in [4.69, 9.17) is 4.74 Å². The predicted molar refractivity (Wildman–Crippen MR) is 69.4 cm³/mol. The van der Waals surface area contributed by atoms with E-state index < -0.39 is 11.0 Å². The molecule has 20 heavy (non-hydrogen) atoms. The molecular weight excluding hydrogens is 264 g/mol. The number of non-ortho nitro benzene ring substituents is 1. The second-order valence-electron chi connectivity index (χ2n) is 4.63. The molecular formula is C12H12N4O4. The van der Waals surface area contributed by atoms with Crippen molar-refractivity contribution in [3.05, 3.63) is 34.0 Å². The molecule has 0 bridgehead atoms. The fraction of sp³-hybridized carbons (Fsp3) is 0.333. The standard InChI is InChI=1S/C12H12N4O4/c1-7-10-4-8(16(18)19)2-3-11(10)15(14-7)6-9-5-13-12(17)20-9/h2-4,9H,5-6H2,1H3,(H,13,17). The fourth-order valence-corrected chi connectivity index (χ4v) is 2.31. The van der Waals surface area contributed by atoms with Crippen LogP contribution in [-0.2, 0) is 11.3 Å². The number of carbonyl (C=O) groups excluding carboxylic acids is 1. The molecule has 8 nitrogen and oxygen atoms in total. The van der Waals surface area contributed by atoms with Gasteiger partial charge in [-0.3, -0.25) is 14.8 Å². The number of alkyl carbamates (subject to hydrolysis) is 1. The van der Waals surface area contributed by atoms with Gasteiger partial charge in [0.25, 0.3) is 5.69 Å². The molecule has 0 aliphatic carbocycles. The lowest BCUT2D eigenvalue weighted by Gasteiger charge is -2.08. The number of rotatable bonds is 3. The van der Waals surface area contributed by atoms with Crippen LogP contribution in [-0.4, -0.2) is 33.4 Å². The van der Waals surface area contributed by atoms with E-state index in [-0.39, 0.29) is 11.8 Å². The number of fused-ring (bicyclic) bond motifs is 1. The van der Waals surface area contributed by atoms with E-state index in [1.165, 1.54) is 12.1 Å². The van der Waals surface area contributed by atoms with Gasteiger partial charge in [-0.1, -0.05) is 0 Å². The molecule has 1 unspecified atom stereocenters. The molecule has 3 rings (SSSR count). The third-order valence-electron chi connectivity index (χ3n) is 3.25. The SMILES string of the molecule is Cc1nn(CC2CNC(=O)O2)c2ccc([N+](=O)[O-])cc12. The minimum Gasteiger partial charge on any atom is -0.442 e. The lowest BCUT2D eigenvalue weighted by molar-refractivity contribution is -0.384. The van der Waals surface area contributed by atoms with Crippen LogP contribution in [0.15, 0.2) is 18.2 Å². The molecule has 1 N–H and O–H groups in total. The minimum absolute atomic E-state index is 0.0362. The van der Waals surface area contributed by atoms with Crippen molar-refractivity contribution in [3.63, 3.8) is 0 Å². The Balaban J connectivity index is 1.96. The normalized spacial score (nSPS) is 18.1. The number of benzene rings is 1. The minimum atomic E-state index is -0.432. The molecule has 1 amide bonds. The number of hydrogen-bond acceptors (Lipinski definition) is 5. The van der Waals surface area contributed by atoms with Crippen LogP contribution >= 0.6 is 0 Å². The van der Waals surface area contributed by atoms with Crippen LogP contribution in [0.3, 0.4) is 0 Å². The zero-order chi connectivity index (χ0) is 14.3. The van der Waals surface area contributed by atoms with Gasteiger partial charge in [0.2, 0.25) is 0 Å². The van der Waals surface area contributed by atoms with E-state index in [9.17, 15) is 14.9 Å². The first-order valence-electron chi connectivity index (χ1n) is 6.10. The van der Waals surface area contributed by atoms with Crippen molar-refractivity contribution >= 4 is 22.7 Å². The summed E-state index contributed by atoms with van der Waals surface area (Å²) in [5.74, 6) is 0. The third kappa shape index (κ3) is 2.04. The van der Waals surface area contributed by atoms with Crippen molar-refractivity contribution < 1.29 is 14.5 Å². The molecule has 1 aromatic heterocycles. The van der Waals surface area contributed by atoms with Gasteiger partial charge in [-0.05, 0) is 13.0 Å². The lowest BCUT2D eigenvalue weighted by Crippen LogP contribution is -2.21. The molecule has 1 aliphatic rings. The van der Waals surface area contributed by atoms with E-state index in [0.717, 1.165) is 10.9 Å². The highest BCUT2D eigenvalue weighted by Gasteiger charge is 2.24. The van der Waals surface area contributed by atoms with Gasteiger partial charge in [0.15, 0.2) is 0 Å². The number of amides is 1. The van der Waals surface area contributed by atoms with Crippen molar-refractivity contribution in [1.82, 2.24) is 15.1 Å². The summed E-state index contributed by atoms with van der Waals surface area (Å²) in [5, 5.41) is 18.5. The summed E-state index contributed by atoms with van der Waals surface area (Å²) in [4.78, 5) is 21.4. The summed E-state index contributed by atoms with van der Waals surface area (Å²) in [6, 6.07) is 4.61. The Kier molecular flexibility index (Phi) is 2.78. The molecule has 8 heteroatoms. The van der Waals surface area contributed by atoms with Crippen LogP contribution in [0.4, 0.5) is 10.5 Å². The molecule has 2 heterocycles. The Morgan fingerprint density at radius 1 is 1.60 bits per heavy atom. The monoisotopic (exact) mass is 276 g/mol. The average Bonchev–Trinajstić information content (AvgIpc) is 2.95. The average molecular weight is 276 g/mol. The second-order valence-corrected chi connectivity index (χ2v) is 4.63. The molecule has 104 valence electrons. The number of ether oxygens (including phenoxy) is 1. The Labute approximate surface area is 113 Å². The number of nitro groups is 1. The maximum Gasteiger partial charge on any atom is 0.407 e. The van der Waals surface area contributed by atoms with Crippen LogP contribution in [0.1, 0.15) is 5.69 Å². The number of nitrogens with zero attached hydrogens (tertiary/aromatic N) is 3. The highest BCUT2D eigenvalue weighted by molar-refractivity contribution is 5.84. The smallest absolute Gasteiger partial charge is 0.407 e. The summed E-state index contributed by atoms with van der Waals surface area (Å²) < 4.78 is 6.77. The maximum absolute atomic E-state index is 11.0. The van der Waals surface area contributed by atoms with Gasteiger partial charge < -0.3 is 10.1 Å².